The quantitative estimate of drug-likeness (QED) is 0.364. The normalized spacial score (nSPS) is 24.9. The molecule has 0 unspecified atom stereocenters. The lowest BCUT2D eigenvalue weighted by molar-refractivity contribution is -0.157. The first kappa shape index (κ1) is 19.8. The van der Waals surface area contributed by atoms with Gasteiger partial charge in [0.1, 0.15) is 6.29 Å². The molecular formula is C23H36O3. The molecule has 3 saturated carbocycles. The Kier molecular flexibility index (Phi) is 5.75. The molecule has 0 aromatic heterocycles. The molecule has 0 aromatic rings. The maximum Gasteiger partial charge on any atom is 0.159 e. The zero-order valence-corrected chi connectivity index (χ0v) is 16.8. The standard InChI is InChI=1S/C23H36O3/c1-3-8-18(9-4-2)16-21(14-15-21)19(25)23(12-7-13-23)20(26)22(17-24)10-5-6-11-22/h17-18H,3-16H2,1-2H3. The van der Waals surface area contributed by atoms with Gasteiger partial charge in [-0.3, -0.25) is 9.59 Å². The molecular weight excluding hydrogens is 324 g/mol. The first-order valence-corrected chi connectivity index (χ1v) is 11.0. The molecule has 0 aliphatic heterocycles. The molecule has 26 heavy (non-hydrogen) atoms. The molecule has 0 aromatic carbocycles. The molecule has 146 valence electrons. The average Bonchev–Trinajstić information content (AvgIpc) is 3.20. The van der Waals surface area contributed by atoms with Gasteiger partial charge >= 0.3 is 0 Å². The highest BCUT2D eigenvalue weighted by Gasteiger charge is 2.65. The summed E-state index contributed by atoms with van der Waals surface area (Å²) in [5.74, 6) is 0.837. The molecule has 3 aliphatic rings. The van der Waals surface area contributed by atoms with Gasteiger partial charge < -0.3 is 4.79 Å². The van der Waals surface area contributed by atoms with E-state index in [1.54, 1.807) is 0 Å². The van der Waals surface area contributed by atoms with Crippen molar-refractivity contribution in [1.29, 1.82) is 0 Å². The highest BCUT2D eigenvalue weighted by atomic mass is 16.2. The van der Waals surface area contributed by atoms with Crippen LogP contribution in [0.4, 0.5) is 0 Å². The fourth-order valence-corrected chi connectivity index (χ4v) is 5.87. The molecule has 0 N–H and O–H groups in total. The van der Waals surface area contributed by atoms with Crippen molar-refractivity contribution in [3.8, 4) is 0 Å². The number of rotatable bonds is 11. The third-order valence-electron chi connectivity index (χ3n) is 7.66. The highest BCUT2D eigenvalue weighted by Crippen LogP contribution is 2.61. The predicted molar refractivity (Wildman–Crippen MR) is 103 cm³/mol. The van der Waals surface area contributed by atoms with Crippen molar-refractivity contribution in [2.45, 2.75) is 104 Å². The molecule has 0 amide bonds. The minimum atomic E-state index is -0.849. The lowest BCUT2D eigenvalue weighted by atomic mass is 9.54. The van der Waals surface area contributed by atoms with E-state index in [0.717, 1.165) is 57.7 Å². The molecule has 3 nitrogen and oxygen atoms in total. The van der Waals surface area contributed by atoms with Crippen LogP contribution in [0.2, 0.25) is 0 Å². The minimum absolute atomic E-state index is 0.00237. The summed E-state index contributed by atoms with van der Waals surface area (Å²) in [5, 5.41) is 0. The van der Waals surface area contributed by atoms with Crippen LogP contribution in [0.15, 0.2) is 0 Å². The van der Waals surface area contributed by atoms with Crippen LogP contribution in [0.25, 0.3) is 0 Å². The van der Waals surface area contributed by atoms with Gasteiger partial charge in [-0.2, -0.15) is 0 Å². The summed E-state index contributed by atoms with van der Waals surface area (Å²) >= 11 is 0. The summed E-state index contributed by atoms with van der Waals surface area (Å²) in [5.41, 5.74) is -1.91. The van der Waals surface area contributed by atoms with E-state index in [4.69, 9.17) is 0 Å². The number of aldehydes is 1. The Balaban J connectivity index is 1.80. The fraction of sp³-hybridized carbons (Fsp3) is 0.870. The molecule has 3 aliphatic carbocycles. The number of ketones is 2. The topological polar surface area (TPSA) is 51.2 Å². The fourth-order valence-electron chi connectivity index (χ4n) is 5.87. The number of Topliss-reactive ketones (excluding diaryl/α,β-unsaturated/α-hetero) is 2. The molecule has 0 bridgehead atoms. The smallest absolute Gasteiger partial charge is 0.159 e. The van der Waals surface area contributed by atoms with E-state index in [2.05, 4.69) is 13.8 Å². The highest BCUT2D eigenvalue weighted by molar-refractivity contribution is 6.16. The Morgan fingerprint density at radius 3 is 1.81 bits per heavy atom. The van der Waals surface area contributed by atoms with E-state index < -0.39 is 10.8 Å². The third-order valence-corrected chi connectivity index (χ3v) is 7.66. The summed E-state index contributed by atoms with van der Waals surface area (Å²) in [7, 11) is 0. The van der Waals surface area contributed by atoms with Crippen molar-refractivity contribution in [3.63, 3.8) is 0 Å². The predicted octanol–water partition coefficient (Wildman–Crippen LogP) is 5.44. The maximum atomic E-state index is 13.7. The number of carbonyl (C=O) groups excluding carboxylic acids is 3. The monoisotopic (exact) mass is 360 g/mol. The van der Waals surface area contributed by atoms with Gasteiger partial charge in [0.15, 0.2) is 11.6 Å². The van der Waals surface area contributed by atoms with Crippen LogP contribution in [0.5, 0.6) is 0 Å². The molecule has 3 rings (SSSR count). The zero-order valence-electron chi connectivity index (χ0n) is 16.8. The van der Waals surface area contributed by atoms with Crippen molar-refractivity contribution in [2.24, 2.45) is 22.2 Å². The molecule has 0 saturated heterocycles. The molecule has 0 heterocycles. The number of hydrogen-bond acceptors (Lipinski definition) is 3. The van der Waals surface area contributed by atoms with Gasteiger partial charge in [0.2, 0.25) is 0 Å². The van der Waals surface area contributed by atoms with Gasteiger partial charge in [-0.25, -0.2) is 0 Å². The van der Waals surface area contributed by atoms with Gasteiger partial charge in [0.05, 0.1) is 10.8 Å². The van der Waals surface area contributed by atoms with Crippen LogP contribution in [-0.2, 0) is 14.4 Å². The van der Waals surface area contributed by atoms with Gasteiger partial charge in [-0.15, -0.1) is 0 Å². The third kappa shape index (κ3) is 3.20. The van der Waals surface area contributed by atoms with Crippen LogP contribution >= 0.6 is 0 Å². The molecule has 0 radical (unpaired) electrons. The Labute approximate surface area is 158 Å². The zero-order chi connectivity index (χ0) is 18.8. The van der Waals surface area contributed by atoms with E-state index in [1.165, 1.54) is 12.8 Å². The SMILES string of the molecule is CCCC(CCC)CC1(C(=O)C2(C(=O)C3(C=O)CCCC3)CCC2)CC1. The number of hydrogen-bond donors (Lipinski definition) is 0. The first-order valence-electron chi connectivity index (χ1n) is 11.0. The lowest BCUT2D eigenvalue weighted by Crippen LogP contribution is -2.54. The van der Waals surface area contributed by atoms with E-state index in [9.17, 15) is 14.4 Å². The van der Waals surface area contributed by atoms with E-state index in [1.807, 2.05) is 0 Å². The van der Waals surface area contributed by atoms with Crippen LogP contribution in [0, 0.1) is 22.2 Å². The van der Waals surface area contributed by atoms with Crippen LogP contribution in [0.3, 0.4) is 0 Å². The van der Waals surface area contributed by atoms with Crippen LogP contribution in [0.1, 0.15) is 104 Å². The second kappa shape index (κ2) is 7.56. The summed E-state index contributed by atoms with van der Waals surface area (Å²) in [6.07, 6.45) is 14.0. The molecule has 3 fully saturated rings. The van der Waals surface area contributed by atoms with Crippen LogP contribution < -0.4 is 0 Å². The Morgan fingerprint density at radius 1 is 0.846 bits per heavy atom. The second-order valence-corrected chi connectivity index (χ2v) is 9.50. The number of carbonyl (C=O) groups is 3. The first-order chi connectivity index (χ1) is 12.5. The summed E-state index contributed by atoms with van der Waals surface area (Å²) in [4.78, 5) is 39.1. The van der Waals surface area contributed by atoms with E-state index in [-0.39, 0.29) is 17.0 Å². The summed E-state index contributed by atoms with van der Waals surface area (Å²) < 4.78 is 0. The lowest BCUT2D eigenvalue weighted by Gasteiger charge is -2.45. The largest absolute Gasteiger partial charge is 0.302 e. The molecule has 0 atom stereocenters. The van der Waals surface area contributed by atoms with Gasteiger partial charge in [-0.1, -0.05) is 58.8 Å². The minimum Gasteiger partial charge on any atom is -0.302 e. The summed E-state index contributed by atoms with van der Waals surface area (Å²) in [6, 6.07) is 0. The van der Waals surface area contributed by atoms with Crippen molar-refractivity contribution >= 4 is 17.9 Å². The Morgan fingerprint density at radius 2 is 1.42 bits per heavy atom. The average molecular weight is 361 g/mol. The van der Waals surface area contributed by atoms with E-state index in [0.29, 0.717) is 31.6 Å². The van der Waals surface area contributed by atoms with Crippen LogP contribution in [-0.4, -0.2) is 17.9 Å². The Bertz CT molecular complexity index is 542. The van der Waals surface area contributed by atoms with Gasteiger partial charge in [0.25, 0.3) is 0 Å². The second-order valence-electron chi connectivity index (χ2n) is 9.50. The molecule has 0 spiro atoms. The van der Waals surface area contributed by atoms with Gasteiger partial charge in [-0.05, 0) is 50.9 Å². The van der Waals surface area contributed by atoms with Crippen molar-refractivity contribution in [2.75, 3.05) is 0 Å². The Hall–Kier alpha value is -0.990. The summed E-state index contributed by atoms with van der Waals surface area (Å²) in [6.45, 7) is 4.43. The van der Waals surface area contributed by atoms with Crippen molar-refractivity contribution in [1.82, 2.24) is 0 Å². The van der Waals surface area contributed by atoms with Gasteiger partial charge in [0, 0.05) is 5.41 Å². The van der Waals surface area contributed by atoms with Crippen molar-refractivity contribution < 1.29 is 14.4 Å². The van der Waals surface area contributed by atoms with E-state index >= 15 is 0 Å². The molecule has 3 heteroatoms. The maximum absolute atomic E-state index is 13.7. The van der Waals surface area contributed by atoms with Crippen molar-refractivity contribution in [3.05, 3.63) is 0 Å².